The molecular formula is C13H18N2O4Si. The highest BCUT2D eigenvalue weighted by Gasteiger charge is 2.25. The molecule has 0 unspecified atom stereocenters. The van der Waals surface area contributed by atoms with Gasteiger partial charge in [0.2, 0.25) is 14.4 Å². The van der Waals surface area contributed by atoms with E-state index in [4.69, 9.17) is 4.43 Å². The van der Waals surface area contributed by atoms with Gasteiger partial charge in [-0.1, -0.05) is 19.8 Å². The molecule has 1 aromatic rings. The van der Waals surface area contributed by atoms with Gasteiger partial charge in [0.15, 0.2) is 0 Å². The van der Waals surface area contributed by atoms with E-state index in [9.17, 15) is 14.9 Å². The minimum absolute atomic E-state index is 0.0786. The number of carbonyl (C=O) groups excluding carboxylic acids is 1. The molecule has 0 spiro atoms. The van der Waals surface area contributed by atoms with Crippen molar-refractivity contribution >= 4 is 25.8 Å². The molecule has 1 aromatic carbocycles. The lowest BCUT2D eigenvalue weighted by Crippen LogP contribution is -2.33. The number of unbranched alkanes of at least 4 members (excludes halogenated alkanes) is 1. The Balaban J connectivity index is 3.09. The fraction of sp³-hybridized carbons (Fsp3) is 0.462. The first kappa shape index (κ1) is 16.1. The molecule has 108 valence electrons. The monoisotopic (exact) mass is 294 g/mol. The number of nitrogens with zero attached hydrogens (tertiary/aromatic N) is 2. The van der Waals surface area contributed by atoms with Crippen molar-refractivity contribution < 1.29 is 14.1 Å². The summed E-state index contributed by atoms with van der Waals surface area (Å²) < 4.78 is 5.94. The third-order valence-corrected chi connectivity index (χ3v) is 5.17. The standard InChI is InChI=1S/C13H18N2O4Si/c1-4-5-8-20(2,3)19-13-9-11(15(17)18)6-7-12(13)14-10-16/h6-7,9H,4-5,8H2,1-3H3. The summed E-state index contributed by atoms with van der Waals surface area (Å²) >= 11 is 0. The number of nitro groups is 1. The number of non-ortho nitro benzene ring substituents is 1. The fourth-order valence-electron chi connectivity index (χ4n) is 1.79. The van der Waals surface area contributed by atoms with E-state index >= 15 is 0 Å². The van der Waals surface area contributed by atoms with Crippen LogP contribution in [-0.4, -0.2) is 19.3 Å². The van der Waals surface area contributed by atoms with Crippen LogP contribution in [0.25, 0.3) is 0 Å². The Hall–Kier alpha value is -1.98. The zero-order valence-corrected chi connectivity index (χ0v) is 12.9. The molecule has 0 bridgehead atoms. The van der Waals surface area contributed by atoms with Gasteiger partial charge in [0, 0.05) is 6.07 Å². The molecule has 0 saturated carbocycles. The zero-order valence-electron chi connectivity index (χ0n) is 11.9. The molecule has 0 radical (unpaired) electrons. The van der Waals surface area contributed by atoms with Gasteiger partial charge in [-0.25, -0.2) is 4.79 Å². The molecular weight excluding hydrogens is 276 g/mol. The van der Waals surface area contributed by atoms with Crippen LogP contribution in [0.3, 0.4) is 0 Å². The van der Waals surface area contributed by atoms with Crippen LogP contribution in [0, 0.1) is 10.1 Å². The average Bonchev–Trinajstić information content (AvgIpc) is 2.38. The summed E-state index contributed by atoms with van der Waals surface area (Å²) in [4.78, 5) is 24.3. The van der Waals surface area contributed by atoms with Crippen molar-refractivity contribution in [2.45, 2.75) is 38.9 Å². The van der Waals surface area contributed by atoms with Gasteiger partial charge in [0.05, 0.1) is 11.0 Å². The quantitative estimate of drug-likeness (QED) is 0.251. The first-order valence-corrected chi connectivity index (χ1v) is 9.56. The summed E-state index contributed by atoms with van der Waals surface area (Å²) in [5.41, 5.74) is 0.202. The molecule has 0 saturated heterocycles. The normalized spacial score (nSPS) is 10.8. The number of isocyanates is 1. The van der Waals surface area contributed by atoms with Crippen LogP contribution in [0.5, 0.6) is 5.75 Å². The number of hydrogen-bond donors (Lipinski definition) is 0. The van der Waals surface area contributed by atoms with Gasteiger partial charge in [0.25, 0.3) is 5.69 Å². The molecule has 1 rings (SSSR count). The SMILES string of the molecule is CCCC[Si](C)(C)Oc1cc([N+](=O)[O-])ccc1N=C=O. The first-order chi connectivity index (χ1) is 9.39. The molecule has 0 N–H and O–H groups in total. The number of hydrogen-bond acceptors (Lipinski definition) is 5. The van der Waals surface area contributed by atoms with E-state index in [1.807, 2.05) is 13.1 Å². The Morgan fingerprint density at radius 1 is 1.45 bits per heavy atom. The predicted molar refractivity (Wildman–Crippen MR) is 78.7 cm³/mol. The largest absolute Gasteiger partial charge is 0.542 e. The summed E-state index contributed by atoms with van der Waals surface area (Å²) in [6.07, 6.45) is 3.55. The minimum Gasteiger partial charge on any atom is -0.542 e. The maximum Gasteiger partial charge on any atom is 0.273 e. The average molecular weight is 294 g/mol. The van der Waals surface area contributed by atoms with E-state index in [0.717, 1.165) is 18.9 Å². The Morgan fingerprint density at radius 3 is 2.70 bits per heavy atom. The van der Waals surface area contributed by atoms with Gasteiger partial charge in [0.1, 0.15) is 11.4 Å². The van der Waals surface area contributed by atoms with E-state index in [-0.39, 0.29) is 17.1 Å². The lowest BCUT2D eigenvalue weighted by Gasteiger charge is -2.24. The van der Waals surface area contributed by atoms with Crippen LogP contribution >= 0.6 is 0 Å². The van der Waals surface area contributed by atoms with Crippen LogP contribution < -0.4 is 4.43 Å². The Kier molecular flexibility index (Phi) is 5.61. The topological polar surface area (TPSA) is 81.8 Å². The third-order valence-electron chi connectivity index (χ3n) is 2.84. The number of nitro benzene ring substituents is 1. The lowest BCUT2D eigenvalue weighted by molar-refractivity contribution is -0.384. The van der Waals surface area contributed by atoms with Crippen molar-refractivity contribution in [1.29, 1.82) is 0 Å². The minimum atomic E-state index is -2.00. The molecule has 7 heteroatoms. The number of benzene rings is 1. The second-order valence-electron chi connectivity index (χ2n) is 5.08. The Labute approximate surface area is 118 Å². The highest BCUT2D eigenvalue weighted by atomic mass is 28.4. The Morgan fingerprint density at radius 2 is 2.15 bits per heavy atom. The van der Waals surface area contributed by atoms with Crippen molar-refractivity contribution in [2.75, 3.05) is 0 Å². The molecule has 20 heavy (non-hydrogen) atoms. The highest BCUT2D eigenvalue weighted by Crippen LogP contribution is 2.34. The van der Waals surface area contributed by atoms with Gasteiger partial charge in [-0.05, 0) is 25.2 Å². The van der Waals surface area contributed by atoms with Gasteiger partial charge in [-0.3, -0.25) is 10.1 Å². The van der Waals surface area contributed by atoms with Crippen molar-refractivity contribution in [2.24, 2.45) is 4.99 Å². The molecule has 0 fully saturated rings. The van der Waals surface area contributed by atoms with E-state index in [1.54, 1.807) is 0 Å². The maximum atomic E-state index is 10.8. The fourth-order valence-corrected chi connectivity index (χ4v) is 3.86. The number of rotatable bonds is 7. The summed E-state index contributed by atoms with van der Waals surface area (Å²) in [7, 11) is -2.00. The maximum absolute atomic E-state index is 10.8. The lowest BCUT2D eigenvalue weighted by atomic mass is 10.2. The zero-order chi connectivity index (χ0) is 15.2. The summed E-state index contributed by atoms with van der Waals surface area (Å²) in [6.45, 7) is 6.17. The summed E-state index contributed by atoms with van der Waals surface area (Å²) in [5.74, 6) is 0.287. The van der Waals surface area contributed by atoms with Gasteiger partial charge >= 0.3 is 0 Å². The van der Waals surface area contributed by atoms with Crippen molar-refractivity contribution in [1.82, 2.24) is 0 Å². The van der Waals surface area contributed by atoms with Crippen molar-refractivity contribution in [3.05, 3.63) is 28.3 Å². The van der Waals surface area contributed by atoms with E-state index < -0.39 is 13.2 Å². The number of aliphatic imine (C=N–C) groups is 1. The van der Waals surface area contributed by atoms with Gasteiger partial charge in [-0.2, -0.15) is 4.99 Å². The van der Waals surface area contributed by atoms with E-state index in [0.29, 0.717) is 0 Å². The van der Waals surface area contributed by atoms with Gasteiger partial charge in [-0.15, -0.1) is 0 Å². The molecule has 0 amide bonds. The highest BCUT2D eigenvalue weighted by molar-refractivity contribution is 6.71. The first-order valence-electron chi connectivity index (χ1n) is 6.45. The van der Waals surface area contributed by atoms with E-state index in [1.165, 1.54) is 24.3 Å². The molecule has 0 atom stereocenters. The van der Waals surface area contributed by atoms with Crippen molar-refractivity contribution in [3.8, 4) is 5.75 Å². The van der Waals surface area contributed by atoms with Crippen LogP contribution in [-0.2, 0) is 4.79 Å². The predicted octanol–water partition coefficient (Wildman–Crippen LogP) is 3.95. The van der Waals surface area contributed by atoms with Crippen LogP contribution in [0.2, 0.25) is 19.1 Å². The molecule has 6 nitrogen and oxygen atoms in total. The molecule has 0 aromatic heterocycles. The summed E-state index contributed by atoms with van der Waals surface area (Å²) in [5, 5.41) is 10.8. The molecule has 0 aliphatic heterocycles. The molecule has 0 aliphatic carbocycles. The van der Waals surface area contributed by atoms with Gasteiger partial charge < -0.3 is 4.43 Å². The Bertz CT molecular complexity index is 539. The summed E-state index contributed by atoms with van der Waals surface area (Å²) in [6, 6.07) is 4.96. The second-order valence-corrected chi connectivity index (χ2v) is 9.30. The van der Waals surface area contributed by atoms with E-state index in [2.05, 4.69) is 11.9 Å². The van der Waals surface area contributed by atoms with Crippen LogP contribution in [0.1, 0.15) is 19.8 Å². The second kappa shape index (κ2) is 6.98. The molecule has 0 aliphatic rings. The smallest absolute Gasteiger partial charge is 0.273 e. The van der Waals surface area contributed by atoms with Crippen LogP contribution in [0.4, 0.5) is 11.4 Å². The van der Waals surface area contributed by atoms with Crippen LogP contribution in [0.15, 0.2) is 23.2 Å². The molecule has 0 heterocycles. The van der Waals surface area contributed by atoms with Crippen molar-refractivity contribution in [3.63, 3.8) is 0 Å². The third kappa shape index (κ3) is 4.60.